The molecule has 8 heteroatoms. The van der Waals surface area contributed by atoms with Crippen LogP contribution < -0.4 is 5.32 Å². The molecule has 1 N–H and O–H groups in total. The lowest BCUT2D eigenvalue weighted by molar-refractivity contribution is 0.0713. The average Bonchev–Trinajstić information content (AvgIpc) is 2.96. The van der Waals surface area contributed by atoms with Gasteiger partial charge in [-0.25, -0.2) is 0 Å². The summed E-state index contributed by atoms with van der Waals surface area (Å²) in [5.41, 5.74) is 4.14. The molecule has 1 aliphatic rings. The number of amides is 3. The van der Waals surface area contributed by atoms with Crippen molar-refractivity contribution in [1.29, 1.82) is 0 Å². The van der Waals surface area contributed by atoms with Gasteiger partial charge in [-0.3, -0.25) is 19.4 Å². The predicted octanol–water partition coefficient (Wildman–Crippen LogP) is 5.97. The second-order valence-corrected chi connectivity index (χ2v) is 10.9. The molecule has 1 aromatic heterocycles. The van der Waals surface area contributed by atoms with E-state index in [-0.39, 0.29) is 17.7 Å². The number of benzene rings is 3. The molecule has 0 atom stereocenters. The molecule has 39 heavy (non-hydrogen) atoms. The molecule has 7 nitrogen and oxygen atoms in total. The van der Waals surface area contributed by atoms with Gasteiger partial charge in [0.05, 0.1) is 11.1 Å². The first-order valence-electron chi connectivity index (χ1n) is 12.9. The van der Waals surface area contributed by atoms with Gasteiger partial charge < -0.3 is 15.1 Å². The van der Waals surface area contributed by atoms with E-state index in [9.17, 15) is 14.4 Å². The summed E-state index contributed by atoms with van der Waals surface area (Å²) in [6, 6.07) is 22.4. The molecular formula is C31H29BrN4O3. The standard InChI is InChI=1S/C31H29BrN4O3/c1-35(2)30(38)23-6-3-7-24(17-23)31(39)36-15-13-21(14-16-36)20-9-11-26(12-10-20)34-29(37)27-8-4-5-22-18-25(32)19-33-28(22)27/h3-12,17-19,21H,13-16H2,1-2H3,(H,34,37). The molecule has 198 valence electrons. The molecule has 3 aromatic carbocycles. The van der Waals surface area contributed by atoms with Crippen LogP contribution in [0.4, 0.5) is 5.69 Å². The van der Waals surface area contributed by atoms with Crippen molar-refractivity contribution < 1.29 is 14.4 Å². The molecule has 5 rings (SSSR count). The summed E-state index contributed by atoms with van der Waals surface area (Å²) in [7, 11) is 3.40. The smallest absolute Gasteiger partial charge is 0.257 e. The topological polar surface area (TPSA) is 82.6 Å². The molecule has 0 bridgehead atoms. The summed E-state index contributed by atoms with van der Waals surface area (Å²) in [4.78, 5) is 46.2. The molecule has 0 spiro atoms. The summed E-state index contributed by atoms with van der Waals surface area (Å²) >= 11 is 3.42. The molecule has 0 aliphatic carbocycles. The van der Waals surface area contributed by atoms with E-state index in [4.69, 9.17) is 0 Å². The molecule has 3 amide bonds. The number of aromatic nitrogens is 1. The SMILES string of the molecule is CN(C)C(=O)c1cccc(C(=O)N2CCC(c3ccc(NC(=O)c4cccc5cc(Br)cnc45)cc3)CC2)c1. The third-order valence-corrected chi connectivity index (χ3v) is 7.54. The second kappa shape index (κ2) is 11.4. The van der Waals surface area contributed by atoms with Crippen LogP contribution in [-0.4, -0.2) is 59.7 Å². The number of para-hydroxylation sites is 1. The van der Waals surface area contributed by atoms with E-state index in [1.54, 1.807) is 50.6 Å². The zero-order chi connectivity index (χ0) is 27.5. The minimum atomic E-state index is -0.202. The number of fused-ring (bicyclic) bond motifs is 1. The Morgan fingerprint density at radius 1 is 0.923 bits per heavy atom. The van der Waals surface area contributed by atoms with Crippen LogP contribution in [0.3, 0.4) is 0 Å². The Kier molecular flexibility index (Phi) is 7.74. The number of rotatable bonds is 5. The number of carbonyl (C=O) groups excluding carboxylic acids is 3. The maximum absolute atomic E-state index is 13.1. The Morgan fingerprint density at radius 2 is 1.62 bits per heavy atom. The third-order valence-electron chi connectivity index (χ3n) is 7.11. The molecule has 4 aromatic rings. The average molecular weight is 586 g/mol. The molecule has 1 aliphatic heterocycles. The lowest BCUT2D eigenvalue weighted by Crippen LogP contribution is -2.38. The Bertz CT molecular complexity index is 1540. The van der Waals surface area contributed by atoms with Crippen molar-refractivity contribution in [2.75, 3.05) is 32.5 Å². The lowest BCUT2D eigenvalue weighted by Gasteiger charge is -2.32. The van der Waals surface area contributed by atoms with Crippen LogP contribution in [0.1, 0.15) is 55.4 Å². The van der Waals surface area contributed by atoms with Crippen LogP contribution in [0.5, 0.6) is 0 Å². The van der Waals surface area contributed by atoms with Gasteiger partial charge >= 0.3 is 0 Å². The number of carbonyl (C=O) groups is 3. The predicted molar refractivity (Wildman–Crippen MR) is 156 cm³/mol. The fraction of sp³-hybridized carbons (Fsp3) is 0.226. The van der Waals surface area contributed by atoms with Gasteiger partial charge in [0.15, 0.2) is 0 Å². The van der Waals surface area contributed by atoms with Gasteiger partial charge in [0.1, 0.15) is 0 Å². The Balaban J connectivity index is 1.20. The van der Waals surface area contributed by atoms with Gasteiger partial charge in [0.25, 0.3) is 17.7 Å². The van der Waals surface area contributed by atoms with E-state index in [2.05, 4.69) is 26.2 Å². The number of nitrogens with one attached hydrogen (secondary N) is 1. The summed E-state index contributed by atoms with van der Waals surface area (Å²) in [6.07, 6.45) is 3.39. The number of hydrogen-bond donors (Lipinski definition) is 1. The zero-order valence-corrected chi connectivity index (χ0v) is 23.4. The fourth-order valence-electron chi connectivity index (χ4n) is 5.00. The van der Waals surface area contributed by atoms with Crippen LogP contribution in [0, 0.1) is 0 Å². The number of nitrogens with zero attached hydrogens (tertiary/aromatic N) is 3. The molecule has 1 fully saturated rings. The summed E-state index contributed by atoms with van der Waals surface area (Å²) < 4.78 is 0.865. The lowest BCUT2D eigenvalue weighted by atomic mass is 9.89. The van der Waals surface area contributed by atoms with Gasteiger partial charge in [0, 0.05) is 60.1 Å². The van der Waals surface area contributed by atoms with E-state index in [1.807, 2.05) is 47.4 Å². The normalized spacial score (nSPS) is 13.8. The first kappa shape index (κ1) is 26.6. The second-order valence-electron chi connectivity index (χ2n) is 9.95. The van der Waals surface area contributed by atoms with Gasteiger partial charge in [-0.15, -0.1) is 0 Å². The first-order chi connectivity index (χ1) is 18.8. The number of halogens is 1. The highest BCUT2D eigenvalue weighted by Gasteiger charge is 2.25. The van der Waals surface area contributed by atoms with Crippen molar-refractivity contribution >= 4 is 50.2 Å². The van der Waals surface area contributed by atoms with Crippen molar-refractivity contribution in [2.24, 2.45) is 0 Å². The van der Waals surface area contributed by atoms with Gasteiger partial charge in [-0.1, -0.05) is 30.3 Å². The number of pyridine rings is 1. The highest BCUT2D eigenvalue weighted by Crippen LogP contribution is 2.30. The quantitative estimate of drug-likeness (QED) is 0.313. The number of anilines is 1. The highest BCUT2D eigenvalue weighted by molar-refractivity contribution is 9.10. The van der Waals surface area contributed by atoms with E-state index in [1.165, 1.54) is 10.5 Å². The maximum atomic E-state index is 13.1. The highest BCUT2D eigenvalue weighted by atomic mass is 79.9. The van der Waals surface area contributed by atoms with Gasteiger partial charge in [-0.05, 0) is 82.7 Å². The molecular weight excluding hydrogens is 556 g/mol. The van der Waals surface area contributed by atoms with E-state index >= 15 is 0 Å². The minimum Gasteiger partial charge on any atom is -0.345 e. The number of piperidine rings is 1. The van der Waals surface area contributed by atoms with Crippen molar-refractivity contribution in [2.45, 2.75) is 18.8 Å². The number of hydrogen-bond acceptors (Lipinski definition) is 4. The monoisotopic (exact) mass is 584 g/mol. The van der Waals surface area contributed by atoms with Crippen molar-refractivity contribution in [3.8, 4) is 0 Å². The first-order valence-corrected chi connectivity index (χ1v) is 13.7. The van der Waals surface area contributed by atoms with Crippen LogP contribution >= 0.6 is 15.9 Å². The summed E-state index contributed by atoms with van der Waals surface area (Å²) in [5.74, 6) is -0.0345. The van der Waals surface area contributed by atoms with E-state index in [0.717, 1.165) is 28.4 Å². The minimum absolute atomic E-state index is 0.0461. The van der Waals surface area contributed by atoms with Gasteiger partial charge in [-0.2, -0.15) is 0 Å². The Hall–Kier alpha value is -4.04. The Labute approximate surface area is 236 Å². The number of likely N-dealkylation sites (tertiary alicyclic amines) is 1. The van der Waals surface area contributed by atoms with Crippen LogP contribution in [0.15, 0.2) is 83.5 Å². The third kappa shape index (κ3) is 5.86. The van der Waals surface area contributed by atoms with Crippen molar-refractivity contribution in [3.63, 3.8) is 0 Å². The molecule has 2 heterocycles. The van der Waals surface area contributed by atoms with E-state index < -0.39 is 0 Å². The van der Waals surface area contributed by atoms with Crippen molar-refractivity contribution in [3.05, 3.63) is 106 Å². The summed E-state index contributed by atoms with van der Waals surface area (Å²) in [6.45, 7) is 1.30. The summed E-state index contributed by atoms with van der Waals surface area (Å²) in [5, 5.41) is 3.88. The Morgan fingerprint density at radius 3 is 2.33 bits per heavy atom. The van der Waals surface area contributed by atoms with Gasteiger partial charge in [0.2, 0.25) is 0 Å². The molecule has 0 saturated carbocycles. The molecule has 0 unspecified atom stereocenters. The van der Waals surface area contributed by atoms with Crippen LogP contribution in [0.25, 0.3) is 10.9 Å². The fourth-order valence-corrected chi connectivity index (χ4v) is 5.35. The van der Waals surface area contributed by atoms with Crippen LogP contribution in [0.2, 0.25) is 0 Å². The molecule has 1 saturated heterocycles. The van der Waals surface area contributed by atoms with E-state index in [0.29, 0.717) is 41.2 Å². The molecule has 0 radical (unpaired) electrons. The van der Waals surface area contributed by atoms with Crippen LogP contribution in [-0.2, 0) is 0 Å². The maximum Gasteiger partial charge on any atom is 0.257 e. The zero-order valence-electron chi connectivity index (χ0n) is 21.9. The largest absolute Gasteiger partial charge is 0.345 e. The van der Waals surface area contributed by atoms with Crippen molar-refractivity contribution in [1.82, 2.24) is 14.8 Å².